The first kappa shape index (κ1) is 16.2. The maximum absolute atomic E-state index is 13.7. The van der Waals surface area contributed by atoms with Crippen molar-refractivity contribution < 1.29 is 18.8 Å². The Kier molecular flexibility index (Phi) is 4.65. The highest BCUT2D eigenvalue weighted by molar-refractivity contribution is 6.30. The Morgan fingerprint density at radius 3 is 2.64 bits per heavy atom. The molecular weight excluding hydrogens is 313 g/mol. The lowest BCUT2D eigenvalue weighted by Crippen LogP contribution is -2.37. The Labute approximate surface area is 131 Å². The maximum Gasteiger partial charge on any atom is 0.326 e. The van der Waals surface area contributed by atoms with Crippen molar-refractivity contribution in [2.75, 3.05) is 14.1 Å². The summed E-state index contributed by atoms with van der Waals surface area (Å²) in [6, 6.07) is 3.21. The Balaban J connectivity index is 1.95. The van der Waals surface area contributed by atoms with Crippen molar-refractivity contribution in [2.45, 2.75) is 19.0 Å². The molecule has 1 N–H and O–H groups in total. The van der Waals surface area contributed by atoms with Crippen molar-refractivity contribution in [3.05, 3.63) is 34.6 Å². The van der Waals surface area contributed by atoms with Crippen molar-refractivity contribution in [1.29, 1.82) is 0 Å². The first-order valence-corrected chi connectivity index (χ1v) is 6.94. The van der Waals surface area contributed by atoms with E-state index >= 15 is 0 Å². The fourth-order valence-corrected chi connectivity index (χ4v) is 2.40. The molecule has 22 heavy (non-hydrogen) atoms. The van der Waals surface area contributed by atoms with E-state index in [0.717, 1.165) is 4.90 Å². The van der Waals surface area contributed by atoms with E-state index in [0.29, 0.717) is 0 Å². The van der Waals surface area contributed by atoms with Crippen molar-refractivity contribution in [1.82, 2.24) is 15.1 Å². The van der Waals surface area contributed by atoms with Crippen LogP contribution >= 0.6 is 11.6 Å². The Bertz CT molecular complexity index is 638. The topological polar surface area (TPSA) is 69.7 Å². The van der Waals surface area contributed by atoms with Gasteiger partial charge in [0.15, 0.2) is 0 Å². The molecule has 1 aromatic carbocycles. The molecule has 1 fully saturated rings. The number of amides is 4. The van der Waals surface area contributed by atoms with Crippen LogP contribution in [-0.4, -0.2) is 47.8 Å². The second kappa shape index (κ2) is 6.31. The Morgan fingerprint density at radius 2 is 2.05 bits per heavy atom. The number of carbonyl (C=O) groups is 3. The molecule has 1 saturated heterocycles. The maximum atomic E-state index is 13.7. The fourth-order valence-electron chi connectivity index (χ4n) is 2.20. The van der Waals surface area contributed by atoms with Gasteiger partial charge in [-0.25, -0.2) is 9.18 Å². The van der Waals surface area contributed by atoms with Crippen LogP contribution in [0.5, 0.6) is 0 Å². The number of hydrogen-bond acceptors (Lipinski definition) is 3. The third-order valence-electron chi connectivity index (χ3n) is 3.56. The Morgan fingerprint density at radius 1 is 1.36 bits per heavy atom. The number of hydrogen-bond donors (Lipinski definition) is 1. The first-order valence-electron chi connectivity index (χ1n) is 6.57. The SMILES string of the molecule is CN1C(=O)C(CC(=O)NCc2cccc(Cl)c2F)N(C)C1=O. The largest absolute Gasteiger partial charge is 0.352 e. The molecule has 0 spiro atoms. The van der Waals surface area contributed by atoms with Gasteiger partial charge in [0, 0.05) is 26.2 Å². The molecule has 1 aliphatic heterocycles. The standard InChI is InChI=1S/C14H15ClFN3O3/c1-18-10(13(21)19(2)14(18)22)6-11(20)17-7-8-4-3-5-9(15)12(8)16/h3-5,10H,6-7H2,1-2H3,(H,17,20). The molecule has 2 rings (SSSR count). The minimum Gasteiger partial charge on any atom is -0.352 e. The van der Waals surface area contributed by atoms with E-state index in [-0.39, 0.29) is 23.6 Å². The lowest BCUT2D eigenvalue weighted by Gasteiger charge is -2.15. The zero-order valence-corrected chi connectivity index (χ0v) is 12.9. The van der Waals surface area contributed by atoms with E-state index in [1.54, 1.807) is 6.07 Å². The van der Waals surface area contributed by atoms with Crippen LogP contribution in [0.4, 0.5) is 9.18 Å². The smallest absolute Gasteiger partial charge is 0.326 e. The average molecular weight is 328 g/mol. The normalized spacial score (nSPS) is 18.1. The van der Waals surface area contributed by atoms with Gasteiger partial charge in [0.2, 0.25) is 5.91 Å². The quantitative estimate of drug-likeness (QED) is 0.849. The van der Waals surface area contributed by atoms with E-state index in [2.05, 4.69) is 5.32 Å². The monoisotopic (exact) mass is 327 g/mol. The van der Waals surface area contributed by atoms with Crippen molar-refractivity contribution >= 4 is 29.4 Å². The van der Waals surface area contributed by atoms with Crippen LogP contribution in [0.25, 0.3) is 0 Å². The van der Waals surface area contributed by atoms with Crippen LogP contribution in [0.15, 0.2) is 18.2 Å². The van der Waals surface area contributed by atoms with Crippen molar-refractivity contribution in [3.8, 4) is 0 Å². The summed E-state index contributed by atoms with van der Waals surface area (Å²) in [5.74, 6) is -1.47. The molecule has 1 aliphatic rings. The van der Waals surface area contributed by atoms with E-state index in [1.165, 1.54) is 31.1 Å². The number of nitrogens with one attached hydrogen (secondary N) is 1. The van der Waals surface area contributed by atoms with Gasteiger partial charge in [-0.2, -0.15) is 0 Å². The molecule has 1 heterocycles. The second-order valence-corrected chi connectivity index (χ2v) is 5.41. The number of benzene rings is 1. The summed E-state index contributed by atoms with van der Waals surface area (Å²) >= 11 is 5.65. The van der Waals surface area contributed by atoms with E-state index in [1.807, 2.05) is 0 Å². The second-order valence-electron chi connectivity index (χ2n) is 5.00. The van der Waals surface area contributed by atoms with Gasteiger partial charge in [0.25, 0.3) is 5.91 Å². The minimum atomic E-state index is -0.832. The lowest BCUT2D eigenvalue weighted by molar-refractivity contribution is -0.131. The molecule has 0 bridgehead atoms. The molecule has 1 unspecified atom stereocenters. The number of imide groups is 1. The van der Waals surface area contributed by atoms with Crippen molar-refractivity contribution in [2.24, 2.45) is 0 Å². The molecule has 0 aromatic heterocycles. The zero-order chi connectivity index (χ0) is 16.4. The predicted molar refractivity (Wildman–Crippen MR) is 77.6 cm³/mol. The highest BCUT2D eigenvalue weighted by Crippen LogP contribution is 2.18. The van der Waals surface area contributed by atoms with Crippen LogP contribution in [-0.2, 0) is 16.1 Å². The van der Waals surface area contributed by atoms with Gasteiger partial charge in [-0.05, 0) is 6.07 Å². The van der Waals surface area contributed by atoms with Gasteiger partial charge >= 0.3 is 6.03 Å². The molecule has 118 valence electrons. The molecule has 0 radical (unpaired) electrons. The molecule has 1 atom stereocenters. The van der Waals surface area contributed by atoms with Crippen LogP contribution in [0.3, 0.4) is 0 Å². The highest BCUT2D eigenvalue weighted by Gasteiger charge is 2.41. The van der Waals surface area contributed by atoms with E-state index in [4.69, 9.17) is 11.6 Å². The zero-order valence-electron chi connectivity index (χ0n) is 12.1. The summed E-state index contributed by atoms with van der Waals surface area (Å²) in [7, 11) is 2.82. The summed E-state index contributed by atoms with van der Waals surface area (Å²) in [5.41, 5.74) is 0.250. The van der Waals surface area contributed by atoms with Gasteiger partial charge in [-0.15, -0.1) is 0 Å². The highest BCUT2D eigenvalue weighted by atomic mass is 35.5. The van der Waals surface area contributed by atoms with Crippen LogP contribution in [0.1, 0.15) is 12.0 Å². The Hall–Kier alpha value is -2.15. The van der Waals surface area contributed by atoms with E-state index < -0.39 is 29.7 Å². The van der Waals surface area contributed by atoms with Crippen LogP contribution in [0.2, 0.25) is 5.02 Å². The predicted octanol–water partition coefficient (Wildman–Crippen LogP) is 1.38. The molecule has 4 amide bonds. The summed E-state index contributed by atoms with van der Waals surface area (Å²) in [4.78, 5) is 37.5. The molecule has 0 saturated carbocycles. The summed E-state index contributed by atoms with van der Waals surface area (Å²) in [6.45, 7) is -0.0420. The number of nitrogens with zero attached hydrogens (tertiary/aromatic N) is 2. The molecular formula is C14H15ClFN3O3. The fraction of sp³-hybridized carbons (Fsp3) is 0.357. The number of carbonyl (C=O) groups excluding carboxylic acids is 3. The van der Waals surface area contributed by atoms with Gasteiger partial charge < -0.3 is 10.2 Å². The molecule has 6 nitrogen and oxygen atoms in total. The molecule has 0 aliphatic carbocycles. The van der Waals surface area contributed by atoms with Crippen molar-refractivity contribution in [3.63, 3.8) is 0 Å². The third-order valence-corrected chi connectivity index (χ3v) is 3.85. The van der Waals surface area contributed by atoms with Gasteiger partial charge in [0.05, 0.1) is 11.4 Å². The molecule has 1 aromatic rings. The average Bonchev–Trinajstić information content (AvgIpc) is 2.67. The summed E-state index contributed by atoms with van der Waals surface area (Å²) in [6.07, 6.45) is -0.173. The number of rotatable bonds is 4. The van der Waals surface area contributed by atoms with Gasteiger partial charge in [-0.3, -0.25) is 14.5 Å². The summed E-state index contributed by atoms with van der Waals surface area (Å²) < 4.78 is 13.7. The number of halogens is 2. The van der Waals surface area contributed by atoms with Gasteiger partial charge in [-0.1, -0.05) is 23.7 Å². The number of likely N-dealkylation sites (N-methyl/N-ethyl adjacent to an activating group) is 2. The number of urea groups is 1. The first-order chi connectivity index (χ1) is 10.3. The van der Waals surface area contributed by atoms with Crippen LogP contribution in [0, 0.1) is 5.82 Å². The third kappa shape index (κ3) is 3.04. The molecule has 8 heteroatoms. The van der Waals surface area contributed by atoms with E-state index in [9.17, 15) is 18.8 Å². The lowest BCUT2D eigenvalue weighted by atomic mass is 10.1. The van der Waals surface area contributed by atoms with Crippen LogP contribution < -0.4 is 5.32 Å². The minimum absolute atomic E-state index is 0.0234. The summed E-state index contributed by atoms with van der Waals surface area (Å²) in [5, 5.41) is 2.49. The van der Waals surface area contributed by atoms with Gasteiger partial charge in [0.1, 0.15) is 11.9 Å².